The Balaban J connectivity index is 3.64. The predicted molar refractivity (Wildman–Crippen MR) is 40.2 cm³/mol. The summed E-state index contributed by atoms with van der Waals surface area (Å²) >= 11 is 0. The first-order valence-corrected chi connectivity index (χ1v) is 3.16. The van der Waals surface area contributed by atoms with E-state index in [4.69, 9.17) is 0 Å². The monoisotopic (exact) mass is 129 g/mol. The Bertz CT molecular complexity index is 98.5. The molecule has 0 saturated heterocycles. The Morgan fingerprint density at radius 3 is 2.56 bits per heavy atom. The van der Waals surface area contributed by atoms with Crippen molar-refractivity contribution in [2.24, 2.45) is 5.10 Å². The fourth-order valence-corrected chi connectivity index (χ4v) is 0.377. The molecule has 0 amide bonds. The van der Waals surface area contributed by atoms with Crippen LogP contribution in [0.3, 0.4) is 0 Å². The first kappa shape index (κ1) is 8.43. The maximum Gasteiger partial charge on any atom is 0.0421 e. The Labute approximate surface area is 56.7 Å². The van der Waals surface area contributed by atoms with Crippen LogP contribution in [0.15, 0.2) is 5.10 Å². The van der Waals surface area contributed by atoms with Crippen LogP contribution >= 0.6 is 0 Å². The van der Waals surface area contributed by atoms with Gasteiger partial charge in [0, 0.05) is 19.8 Å². The van der Waals surface area contributed by atoms with E-state index in [1.807, 2.05) is 21.0 Å². The van der Waals surface area contributed by atoms with Gasteiger partial charge < -0.3 is 0 Å². The molecule has 0 heterocycles. The summed E-state index contributed by atoms with van der Waals surface area (Å²) in [6, 6.07) is 0. The SMILES string of the molecule is CC/C(C)=N/N(C)NC. The molecule has 0 aliphatic rings. The molecule has 9 heavy (non-hydrogen) atoms. The Morgan fingerprint density at radius 2 is 2.22 bits per heavy atom. The van der Waals surface area contributed by atoms with Gasteiger partial charge in [0.15, 0.2) is 0 Å². The van der Waals surface area contributed by atoms with Crippen LogP contribution in [-0.4, -0.2) is 24.9 Å². The molecule has 0 aromatic rings. The normalized spacial score (nSPS) is 11.8. The summed E-state index contributed by atoms with van der Waals surface area (Å²) in [5.41, 5.74) is 4.01. The molecule has 0 aromatic heterocycles. The molecule has 0 atom stereocenters. The molecule has 54 valence electrons. The highest BCUT2D eigenvalue weighted by atomic mass is 15.7. The number of rotatable bonds is 3. The summed E-state index contributed by atoms with van der Waals surface area (Å²) < 4.78 is 0. The number of hydrogen-bond donors (Lipinski definition) is 1. The Kier molecular flexibility index (Phi) is 4.05. The summed E-state index contributed by atoms with van der Waals surface area (Å²) in [5, 5.41) is 5.85. The lowest BCUT2D eigenvalue weighted by atomic mass is 10.3. The number of hydrogen-bond acceptors (Lipinski definition) is 3. The lowest BCUT2D eigenvalue weighted by Crippen LogP contribution is -2.26. The van der Waals surface area contributed by atoms with E-state index in [9.17, 15) is 0 Å². The second kappa shape index (κ2) is 4.32. The lowest BCUT2D eigenvalue weighted by molar-refractivity contribution is 0.274. The van der Waals surface area contributed by atoms with Crippen LogP contribution in [0.25, 0.3) is 0 Å². The molecule has 0 bridgehead atoms. The van der Waals surface area contributed by atoms with Gasteiger partial charge >= 0.3 is 0 Å². The molecular formula is C6H15N3. The van der Waals surface area contributed by atoms with Crippen LogP contribution in [0.2, 0.25) is 0 Å². The minimum Gasteiger partial charge on any atom is -0.233 e. The predicted octanol–water partition coefficient (Wildman–Crippen LogP) is 0.839. The first-order chi connectivity index (χ1) is 4.20. The minimum atomic E-state index is 1.01. The quantitative estimate of drug-likeness (QED) is 0.451. The lowest BCUT2D eigenvalue weighted by Gasteiger charge is -2.10. The standard InChI is InChI=1S/C6H15N3/c1-5-6(2)8-9(4)7-3/h7H,5H2,1-4H3/b8-6+. The van der Waals surface area contributed by atoms with Crippen molar-refractivity contribution < 1.29 is 0 Å². The molecule has 0 rings (SSSR count). The third-order valence-electron chi connectivity index (χ3n) is 1.16. The number of hydrazone groups is 1. The molecule has 0 aliphatic carbocycles. The van der Waals surface area contributed by atoms with Crippen LogP contribution < -0.4 is 5.43 Å². The van der Waals surface area contributed by atoms with Crippen molar-refractivity contribution in [1.29, 1.82) is 0 Å². The van der Waals surface area contributed by atoms with Crippen LogP contribution in [0.1, 0.15) is 20.3 Å². The van der Waals surface area contributed by atoms with E-state index >= 15 is 0 Å². The Hall–Kier alpha value is -0.570. The fraction of sp³-hybridized carbons (Fsp3) is 0.833. The molecule has 0 saturated carbocycles. The van der Waals surface area contributed by atoms with Crippen molar-refractivity contribution in [3.8, 4) is 0 Å². The van der Waals surface area contributed by atoms with Crippen molar-refractivity contribution in [2.75, 3.05) is 14.1 Å². The minimum absolute atomic E-state index is 1.01. The number of hydrazine groups is 1. The Morgan fingerprint density at radius 1 is 1.67 bits per heavy atom. The molecule has 0 aliphatic heterocycles. The zero-order valence-electron chi connectivity index (χ0n) is 6.60. The summed E-state index contributed by atoms with van der Waals surface area (Å²) in [4.78, 5) is 0. The van der Waals surface area contributed by atoms with E-state index in [2.05, 4.69) is 17.5 Å². The number of nitrogens with one attached hydrogen (secondary N) is 1. The van der Waals surface area contributed by atoms with Gasteiger partial charge in [-0.3, -0.25) is 0 Å². The zero-order chi connectivity index (χ0) is 7.28. The molecular weight excluding hydrogens is 114 g/mol. The average Bonchev–Trinajstić information content (AvgIpc) is 1.87. The van der Waals surface area contributed by atoms with Crippen molar-refractivity contribution >= 4 is 5.71 Å². The van der Waals surface area contributed by atoms with Crippen molar-refractivity contribution in [1.82, 2.24) is 10.5 Å². The maximum atomic E-state index is 4.15. The maximum absolute atomic E-state index is 4.15. The van der Waals surface area contributed by atoms with Crippen LogP contribution in [0.5, 0.6) is 0 Å². The third kappa shape index (κ3) is 3.97. The van der Waals surface area contributed by atoms with Crippen LogP contribution in [0, 0.1) is 0 Å². The molecule has 0 unspecified atom stereocenters. The van der Waals surface area contributed by atoms with Crippen LogP contribution in [0.4, 0.5) is 0 Å². The van der Waals surface area contributed by atoms with Gasteiger partial charge in [0.05, 0.1) is 0 Å². The van der Waals surface area contributed by atoms with Gasteiger partial charge in [-0.15, -0.1) is 0 Å². The highest BCUT2D eigenvalue weighted by Gasteiger charge is 1.86. The van der Waals surface area contributed by atoms with Gasteiger partial charge in [-0.25, -0.2) is 10.5 Å². The van der Waals surface area contributed by atoms with Gasteiger partial charge in [-0.1, -0.05) is 6.92 Å². The highest BCUT2D eigenvalue weighted by molar-refractivity contribution is 5.81. The highest BCUT2D eigenvalue weighted by Crippen LogP contribution is 1.84. The summed E-state index contributed by atoms with van der Waals surface area (Å²) in [6.45, 7) is 4.09. The van der Waals surface area contributed by atoms with E-state index in [1.165, 1.54) is 0 Å². The second-order valence-corrected chi connectivity index (χ2v) is 1.94. The smallest absolute Gasteiger partial charge is 0.0421 e. The molecule has 0 aromatic carbocycles. The van der Waals surface area contributed by atoms with Crippen molar-refractivity contribution in [2.45, 2.75) is 20.3 Å². The van der Waals surface area contributed by atoms with Crippen molar-refractivity contribution in [3.05, 3.63) is 0 Å². The third-order valence-corrected chi connectivity index (χ3v) is 1.16. The summed E-state index contributed by atoms with van der Waals surface area (Å²) in [6.07, 6.45) is 1.01. The molecule has 0 radical (unpaired) electrons. The zero-order valence-corrected chi connectivity index (χ0v) is 6.60. The molecule has 3 nitrogen and oxygen atoms in total. The molecule has 0 spiro atoms. The second-order valence-electron chi connectivity index (χ2n) is 1.94. The van der Waals surface area contributed by atoms with E-state index < -0.39 is 0 Å². The van der Waals surface area contributed by atoms with Gasteiger partial charge in [0.25, 0.3) is 0 Å². The van der Waals surface area contributed by atoms with Crippen LogP contribution in [-0.2, 0) is 0 Å². The molecule has 1 N–H and O–H groups in total. The fourth-order valence-electron chi connectivity index (χ4n) is 0.377. The van der Waals surface area contributed by atoms with Crippen molar-refractivity contribution in [3.63, 3.8) is 0 Å². The average molecular weight is 129 g/mol. The first-order valence-electron chi connectivity index (χ1n) is 3.16. The summed E-state index contributed by atoms with van der Waals surface area (Å²) in [7, 11) is 3.71. The van der Waals surface area contributed by atoms with Gasteiger partial charge in [-0.2, -0.15) is 5.10 Å². The topological polar surface area (TPSA) is 27.6 Å². The van der Waals surface area contributed by atoms with Gasteiger partial charge in [0.2, 0.25) is 0 Å². The molecule has 0 fully saturated rings. The largest absolute Gasteiger partial charge is 0.233 e. The number of nitrogens with zero attached hydrogens (tertiary/aromatic N) is 2. The van der Waals surface area contributed by atoms with E-state index in [0.29, 0.717) is 0 Å². The summed E-state index contributed by atoms with van der Waals surface area (Å²) in [5.74, 6) is 0. The molecule has 3 heteroatoms. The van der Waals surface area contributed by atoms with Gasteiger partial charge in [0.1, 0.15) is 0 Å². The van der Waals surface area contributed by atoms with E-state index in [0.717, 1.165) is 12.1 Å². The van der Waals surface area contributed by atoms with Gasteiger partial charge in [-0.05, 0) is 13.3 Å². The van der Waals surface area contributed by atoms with E-state index in [-0.39, 0.29) is 0 Å². The van der Waals surface area contributed by atoms with E-state index in [1.54, 1.807) is 5.12 Å².